The summed E-state index contributed by atoms with van der Waals surface area (Å²) in [5.41, 5.74) is 5.64. The molecule has 0 spiro atoms. The molecule has 1 aliphatic rings. The highest BCUT2D eigenvalue weighted by Gasteiger charge is 2.34. The third-order valence-corrected chi connectivity index (χ3v) is 2.22. The predicted octanol–water partition coefficient (Wildman–Crippen LogP) is -0.0347. The molecule has 3 amide bonds. The minimum atomic E-state index is -0.451. The van der Waals surface area contributed by atoms with Crippen molar-refractivity contribution in [3.05, 3.63) is 0 Å². The van der Waals surface area contributed by atoms with Gasteiger partial charge in [-0.1, -0.05) is 0 Å². The van der Waals surface area contributed by atoms with E-state index in [2.05, 4.69) is 0 Å². The molecule has 0 aromatic rings. The summed E-state index contributed by atoms with van der Waals surface area (Å²) in [6.45, 7) is 4.59. The van der Waals surface area contributed by atoms with Crippen LogP contribution in [0.15, 0.2) is 0 Å². The first-order chi connectivity index (χ1) is 6.11. The van der Waals surface area contributed by atoms with E-state index in [9.17, 15) is 9.59 Å². The summed E-state index contributed by atoms with van der Waals surface area (Å²) in [5.74, 6) is -0.176. The van der Waals surface area contributed by atoms with E-state index in [1.54, 1.807) is 6.92 Å². The Morgan fingerprint density at radius 2 is 2.00 bits per heavy atom. The molecule has 1 saturated heterocycles. The average molecular weight is 185 g/mol. The molecule has 1 aliphatic heterocycles. The van der Waals surface area contributed by atoms with Gasteiger partial charge in [-0.15, -0.1) is 0 Å². The van der Waals surface area contributed by atoms with Crippen LogP contribution in [0.5, 0.6) is 0 Å². The van der Waals surface area contributed by atoms with E-state index in [-0.39, 0.29) is 18.4 Å². The second kappa shape index (κ2) is 3.74. The molecule has 2 N–H and O–H groups in total. The largest absolute Gasteiger partial charge is 0.327 e. The summed E-state index contributed by atoms with van der Waals surface area (Å²) in [7, 11) is 0. The van der Waals surface area contributed by atoms with Crippen molar-refractivity contribution in [1.29, 1.82) is 0 Å². The fourth-order valence-electron chi connectivity index (χ4n) is 1.48. The fraction of sp³-hybridized carbons (Fsp3) is 0.750. The van der Waals surface area contributed by atoms with E-state index in [1.165, 1.54) is 9.80 Å². The summed E-state index contributed by atoms with van der Waals surface area (Å²) in [6.07, 6.45) is -0.222. The third-order valence-electron chi connectivity index (χ3n) is 2.22. The molecule has 1 fully saturated rings. The second-order valence-corrected chi connectivity index (χ2v) is 2.98. The van der Waals surface area contributed by atoms with E-state index in [0.29, 0.717) is 13.1 Å². The van der Waals surface area contributed by atoms with Crippen molar-refractivity contribution in [2.75, 3.05) is 13.1 Å². The second-order valence-electron chi connectivity index (χ2n) is 2.98. The zero-order valence-electron chi connectivity index (χ0n) is 7.99. The molecule has 1 atom stereocenters. The average Bonchev–Trinajstić information content (AvgIpc) is 2.04. The van der Waals surface area contributed by atoms with Gasteiger partial charge in [0.1, 0.15) is 0 Å². The van der Waals surface area contributed by atoms with Crippen LogP contribution in [0.3, 0.4) is 0 Å². The molecule has 0 aliphatic carbocycles. The molecule has 5 nitrogen and oxygen atoms in total. The Kier molecular flexibility index (Phi) is 2.87. The van der Waals surface area contributed by atoms with Gasteiger partial charge in [-0.2, -0.15) is 0 Å². The van der Waals surface area contributed by atoms with Crippen LogP contribution in [-0.2, 0) is 4.79 Å². The SMILES string of the molecule is CCN1C(=O)CC(N)N(CC)C1=O. The van der Waals surface area contributed by atoms with Crippen molar-refractivity contribution < 1.29 is 9.59 Å². The van der Waals surface area contributed by atoms with Crippen LogP contribution >= 0.6 is 0 Å². The van der Waals surface area contributed by atoms with Crippen LogP contribution in [0, 0.1) is 0 Å². The zero-order chi connectivity index (χ0) is 10.0. The number of nitrogens with two attached hydrogens (primary N) is 1. The highest BCUT2D eigenvalue weighted by molar-refractivity contribution is 5.97. The maximum absolute atomic E-state index is 11.6. The first-order valence-electron chi connectivity index (χ1n) is 4.48. The number of nitrogens with zero attached hydrogens (tertiary/aromatic N) is 2. The Labute approximate surface area is 77.5 Å². The van der Waals surface area contributed by atoms with E-state index in [1.807, 2.05) is 6.92 Å². The number of carbonyl (C=O) groups excluding carboxylic acids is 2. The van der Waals surface area contributed by atoms with E-state index >= 15 is 0 Å². The van der Waals surface area contributed by atoms with Gasteiger partial charge < -0.3 is 10.6 Å². The van der Waals surface area contributed by atoms with Crippen LogP contribution in [-0.4, -0.2) is 41.0 Å². The van der Waals surface area contributed by atoms with Gasteiger partial charge in [0.25, 0.3) is 0 Å². The number of amides is 3. The molecule has 1 rings (SSSR count). The zero-order valence-corrected chi connectivity index (χ0v) is 7.99. The fourth-order valence-corrected chi connectivity index (χ4v) is 1.48. The lowest BCUT2D eigenvalue weighted by Crippen LogP contribution is -2.59. The van der Waals surface area contributed by atoms with Crippen LogP contribution in [0.25, 0.3) is 0 Å². The quantitative estimate of drug-likeness (QED) is 0.656. The van der Waals surface area contributed by atoms with Gasteiger partial charge in [0.05, 0.1) is 12.6 Å². The van der Waals surface area contributed by atoms with Gasteiger partial charge in [0.15, 0.2) is 0 Å². The third kappa shape index (κ3) is 1.65. The van der Waals surface area contributed by atoms with Crippen LogP contribution in [0.1, 0.15) is 20.3 Å². The molecule has 74 valence electrons. The molecule has 5 heteroatoms. The number of hydrogen-bond donors (Lipinski definition) is 1. The maximum Gasteiger partial charge on any atom is 0.327 e. The van der Waals surface area contributed by atoms with Crippen molar-refractivity contribution in [1.82, 2.24) is 9.80 Å². The van der Waals surface area contributed by atoms with Crippen molar-refractivity contribution in [2.45, 2.75) is 26.4 Å². The van der Waals surface area contributed by atoms with Crippen LogP contribution in [0.2, 0.25) is 0 Å². The van der Waals surface area contributed by atoms with E-state index in [4.69, 9.17) is 5.73 Å². The van der Waals surface area contributed by atoms with E-state index in [0.717, 1.165) is 0 Å². The first-order valence-corrected chi connectivity index (χ1v) is 4.48. The van der Waals surface area contributed by atoms with Gasteiger partial charge in [0.2, 0.25) is 5.91 Å². The standard InChI is InChI=1S/C8H15N3O2/c1-3-10-6(9)5-7(12)11(4-2)8(10)13/h6H,3-5,9H2,1-2H3. The minimum absolute atomic E-state index is 0.176. The Morgan fingerprint density at radius 3 is 2.46 bits per heavy atom. The van der Waals surface area contributed by atoms with E-state index < -0.39 is 6.17 Å². The normalized spacial score (nSPS) is 24.1. The lowest BCUT2D eigenvalue weighted by atomic mass is 10.2. The molecule has 0 aromatic heterocycles. The molecule has 13 heavy (non-hydrogen) atoms. The van der Waals surface area contributed by atoms with Crippen molar-refractivity contribution in [3.63, 3.8) is 0 Å². The lowest BCUT2D eigenvalue weighted by Gasteiger charge is -2.37. The summed E-state index contributed by atoms with van der Waals surface area (Å²) < 4.78 is 0. The number of carbonyl (C=O) groups is 2. The van der Waals surface area contributed by atoms with Crippen molar-refractivity contribution in [2.24, 2.45) is 5.73 Å². The Balaban J connectivity index is 2.81. The Hall–Kier alpha value is -1.10. The number of imide groups is 1. The summed E-state index contributed by atoms with van der Waals surface area (Å²) in [6, 6.07) is -0.270. The van der Waals surface area contributed by atoms with Gasteiger partial charge in [-0.3, -0.25) is 9.69 Å². The number of hydrogen-bond acceptors (Lipinski definition) is 3. The highest BCUT2D eigenvalue weighted by Crippen LogP contribution is 2.13. The monoisotopic (exact) mass is 185 g/mol. The Bertz CT molecular complexity index is 229. The van der Waals surface area contributed by atoms with Gasteiger partial charge in [-0.25, -0.2) is 4.79 Å². The minimum Gasteiger partial charge on any atom is -0.311 e. The Morgan fingerprint density at radius 1 is 1.38 bits per heavy atom. The summed E-state index contributed by atoms with van der Waals surface area (Å²) >= 11 is 0. The number of rotatable bonds is 2. The molecule has 0 saturated carbocycles. The van der Waals surface area contributed by atoms with Gasteiger partial charge in [-0.05, 0) is 13.8 Å². The van der Waals surface area contributed by atoms with Crippen molar-refractivity contribution >= 4 is 11.9 Å². The van der Waals surface area contributed by atoms with Gasteiger partial charge in [0, 0.05) is 13.1 Å². The first kappa shape index (κ1) is 9.98. The summed E-state index contributed by atoms with van der Waals surface area (Å²) in [5, 5.41) is 0. The molecular weight excluding hydrogens is 170 g/mol. The van der Waals surface area contributed by atoms with Gasteiger partial charge >= 0.3 is 6.03 Å². The molecule has 0 bridgehead atoms. The van der Waals surface area contributed by atoms with Crippen LogP contribution < -0.4 is 5.73 Å². The molecule has 0 aromatic carbocycles. The topological polar surface area (TPSA) is 66.6 Å². The highest BCUT2D eigenvalue weighted by atomic mass is 16.2. The number of urea groups is 1. The predicted molar refractivity (Wildman–Crippen MR) is 47.8 cm³/mol. The molecular formula is C8H15N3O2. The molecule has 1 heterocycles. The van der Waals surface area contributed by atoms with Crippen molar-refractivity contribution in [3.8, 4) is 0 Å². The molecule has 0 radical (unpaired) electrons. The summed E-state index contributed by atoms with van der Waals surface area (Å²) in [4.78, 5) is 25.6. The van der Waals surface area contributed by atoms with Crippen LogP contribution in [0.4, 0.5) is 4.79 Å². The maximum atomic E-state index is 11.6. The molecule has 1 unspecified atom stereocenters. The smallest absolute Gasteiger partial charge is 0.311 e. The lowest BCUT2D eigenvalue weighted by molar-refractivity contribution is -0.132.